The summed E-state index contributed by atoms with van der Waals surface area (Å²) in [5.41, 5.74) is 4.87. The van der Waals surface area contributed by atoms with Gasteiger partial charge in [-0.1, -0.05) is 0 Å². The third-order valence-corrected chi connectivity index (χ3v) is 0.732. The fourth-order valence-corrected chi connectivity index (χ4v) is 0.397. The maximum absolute atomic E-state index is 10.3. The fourth-order valence-electron chi connectivity index (χ4n) is 0.242. The summed E-state index contributed by atoms with van der Waals surface area (Å²) >= 11 is 5.19. The van der Waals surface area contributed by atoms with E-state index < -0.39 is 0 Å². The summed E-state index contributed by atoms with van der Waals surface area (Å²) < 4.78 is 4.34. The van der Waals surface area contributed by atoms with Crippen molar-refractivity contribution in [1.29, 1.82) is 0 Å². The van der Waals surface area contributed by atoms with Gasteiger partial charge in [0.1, 0.15) is 6.73 Å². The Bertz CT molecular complexity index is 68.4. The molecule has 0 aliphatic rings. The van der Waals surface area contributed by atoms with E-state index in [0.717, 1.165) is 0 Å². The largest absolute Gasteiger partial charge is 0.450 e. The third kappa shape index (κ3) is 3.89. The van der Waals surface area contributed by atoms with E-state index in [1.807, 2.05) is 0 Å². The molecule has 0 aromatic carbocycles. The SMILES string of the molecule is NCOC(=O)CCCl. The lowest BCUT2D eigenvalue weighted by Crippen LogP contribution is -2.11. The molecule has 0 amide bonds. The van der Waals surface area contributed by atoms with Crippen molar-refractivity contribution in [1.82, 2.24) is 0 Å². The Balaban J connectivity index is 3.06. The summed E-state index contributed by atoms with van der Waals surface area (Å²) in [6.07, 6.45) is 0.235. The molecule has 0 rings (SSSR count). The van der Waals surface area contributed by atoms with Gasteiger partial charge in [-0.15, -0.1) is 11.6 Å². The first kappa shape index (κ1) is 7.72. The Kier molecular flexibility index (Phi) is 4.70. The van der Waals surface area contributed by atoms with Gasteiger partial charge in [-0.3, -0.25) is 10.5 Å². The van der Waals surface area contributed by atoms with Gasteiger partial charge in [-0.2, -0.15) is 0 Å². The van der Waals surface area contributed by atoms with Gasteiger partial charge in [0, 0.05) is 5.88 Å². The van der Waals surface area contributed by atoms with Crippen LogP contribution in [0.25, 0.3) is 0 Å². The second-order valence-electron chi connectivity index (χ2n) is 1.12. The van der Waals surface area contributed by atoms with Crippen molar-refractivity contribution >= 4 is 17.6 Å². The van der Waals surface area contributed by atoms with Crippen molar-refractivity contribution in [2.75, 3.05) is 12.6 Å². The molecule has 0 atom stereocenters. The number of nitrogens with two attached hydrogens (primary N) is 1. The first-order chi connectivity index (χ1) is 3.81. The van der Waals surface area contributed by atoms with Crippen LogP contribution in [0.5, 0.6) is 0 Å². The lowest BCUT2D eigenvalue weighted by atomic mass is 10.5. The third-order valence-electron chi connectivity index (χ3n) is 0.543. The van der Waals surface area contributed by atoms with Gasteiger partial charge in [-0.25, -0.2) is 0 Å². The van der Waals surface area contributed by atoms with Gasteiger partial charge in [0.15, 0.2) is 0 Å². The molecule has 4 heteroatoms. The zero-order chi connectivity index (χ0) is 6.41. The maximum atomic E-state index is 10.3. The zero-order valence-corrected chi connectivity index (χ0v) is 5.15. The van der Waals surface area contributed by atoms with Gasteiger partial charge in [0.25, 0.3) is 0 Å². The molecule has 0 unspecified atom stereocenters. The molecule has 0 radical (unpaired) electrons. The predicted molar refractivity (Wildman–Crippen MR) is 30.5 cm³/mol. The first-order valence-electron chi connectivity index (χ1n) is 2.23. The van der Waals surface area contributed by atoms with E-state index in [1.54, 1.807) is 0 Å². The van der Waals surface area contributed by atoms with Crippen LogP contribution in [0, 0.1) is 0 Å². The molecule has 0 saturated carbocycles. The van der Waals surface area contributed by atoms with Crippen LogP contribution in [0.15, 0.2) is 0 Å². The lowest BCUT2D eigenvalue weighted by molar-refractivity contribution is -0.142. The van der Waals surface area contributed by atoms with E-state index in [9.17, 15) is 4.79 Å². The number of halogens is 1. The van der Waals surface area contributed by atoms with Crippen LogP contribution >= 0.6 is 11.6 Å². The topological polar surface area (TPSA) is 52.3 Å². The van der Waals surface area contributed by atoms with E-state index in [4.69, 9.17) is 17.3 Å². The molecule has 0 aromatic heterocycles. The minimum Gasteiger partial charge on any atom is -0.450 e. The molecule has 8 heavy (non-hydrogen) atoms. The predicted octanol–water partition coefficient (Wildman–Crippen LogP) is 0.0747. The van der Waals surface area contributed by atoms with Crippen LogP contribution in [-0.4, -0.2) is 18.6 Å². The van der Waals surface area contributed by atoms with Crippen molar-refractivity contribution in [3.8, 4) is 0 Å². The second kappa shape index (κ2) is 4.87. The summed E-state index contributed by atoms with van der Waals surface area (Å²) in [7, 11) is 0. The van der Waals surface area contributed by atoms with Crippen molar-refractivity contribution < 1.29 is 9.53 Å². The number of hydrogen-bond acceptors (Lipinski definition) is 3. The van der Waals surface area contributed by atoms with Gasteiger partial charge < -0.3 is 4.74 Å². The molecule has 3 nitrogen and oxygen atoms in total. The highest BCUT2D eigenvalue weighted by Gasteiger charge is 1.96. The number of esters is 1. The monoisotopic (exact) mass is 137 g/mol. The van der Waals surface area contributed by atoms with Crippen molar-refractivity contribution in [2.24, 2.45) is 5.73 Å². The normalized spacial score (nSPS) is 8.75. The highest BCUT2D eigenvalue weighted by atomic mass is 35.5. The van der Waals surface area contributed by atoms with Gasteiger partial charge in [-0.05, 0) is 0 Å². The molecule has 0 aliphatic heterocycles. The Labute approximate surface area is 52.8 Å². The average Bonchev–Trinajstić information content (AvgIpc) is 1.68. The van der Waals surface area contributed by atoms with E-state index in [1.165, 1.54) is 0 Å². The molecule has 0 aromatic rings. The minimum atomic E-state index is -0.345. The molecular weight excluding hydrogens is 130 g/mol. The van der Waals surface area contributed by atoms with Crippen LogP contribution in [0.3, 0.4) is 0 Å². The van der Waals surface area contributed by atoms with Crippen LogP contribution < -0.4 is 5.73 Å². The highest BCUT2D eigenvalue weighted by molar-refractivity contribution is 6.18. The fraction of sp³-hybridized carbons (Fsp3) is 0.750. The molecule has 0 spiro atoms. The Morgan fingerprint density at radius 1 is 1.75 bits per heavy atom. The zero-order valence-electron chi connectivity index (χ0n) is 4.39. The first-order valence-corrected chi connectivity index (χ1v) is 2.76. The van der Waals surface area contributed by atoms with Gasteiger partial charge >= 0.3 is 5.97 Å². The quantitative estimate of drug-likeness (QED) is 0.340. The number of rotatable bonds is 3. The average molecular weight is 138 g/mol. The van der Waals surface area contributed by atoms with E-state index in [0.29, 0.717) is 5.88 Å². The molecule has 0 heterocycles. The van der Waals surface area contributed by atoms with E-state index in [2.05, 4.69) is 4.74 Å². The number of hydrogen-bond donors (Lipinski definition) is 1. The summed E-state index contributed by atoms with van der Waals surface area (Å²) in [6.45, 7) is -0.0598. The number of alkyl halides is 1. The molecule has 0 saturated heterocycles. The van der Waals surface area contributed by atoms with Crippen molar-refractivity contribution in [3.63, 3.8) is 0 Å². The summed E-state index contributed by atoms with van der Waals surface area (Å²) in [5.74, 6) is -0.0544. The molecule has 48 valence electrons. The standard InChI is InChI=1S/C4H8ClNO2/c5-2-1-4(7)8-3-6/h1-3,6H2. The minimum absolute atomic E-state index is 0.0598. The van der Waals surface area contributed by atoms with Gasteiger partial charge in [0.05, 0.1) is 6.42 Å². The molecule has 0 bridgehead atoms. The van der Waals surface area contributed by atoms with Crippen LogP contribution in [0.4, 0.5) is 0 Å². The van der Waals surface area contributed by atoms with Crippen LogP contribution in [0.1, 0.15) is 6.42 Å². The summed E-state index contributed by atoms with van der Waals surface area (Å²) in [5, 5.41) is 0. The van der Waals surface area contributed by atoms with Crippen LogP contribution in [0.2, 0.25) is 0 Å². The molecule has 0 fully saturated rings. The number of carbonyl (C=O) groups is 1. The molecule has 2 N–H and O–H groups in total. The molecule has 0 aliphatic carbocycles. The molecular formula is C4H8ClNO2. The van der Waals surface area contributed by atoms with Crippen LogP contribution in [-0.2, 0) is 9.53 Å². The maximum Gasteiger partial charge on any atom is 0.308 e. The lowest BCUT2D eigenvalue weighted by Gasteiger charge is -1.95. The Morgan fingerprint density at radius 2 is 2.38 bits per heavy atom. The smallest absolute Gasteiger partial charge is 0.308 e. The van der Waals surface area contributed by atoms with E-state index in [-0.39, 0.29) is 19.1 Å². The van der Waals surface area contributed by atoms with E-state index >= 15 is 0 Å². The highest BCUT2D eigenvalue weighted by Crippen LogP contribution is 1.86. The Morgan fingerprint density at radius 3 is 2.75 bits per heavy atom. The number of carbonyl (C=O) groups excluding carboxylic acids is 1. The van der Waals surface area contributed by atoms with Crippen molar-refractivity contribution in [2.45, 2.75) is 6.42 Å². The Hall–Kier alpha value is -0.280. The van der Waals surface area contributed by atoms with Gasteiger partial charge in [0.2, 0.25) is 0 Å². The number of ether oxygens (including phenoxy) is 1. The summed E-state index contributed by atoms with van der Waals surface area (Å²) in [4.78, 5) is 10.3. The van der Waals surface area contributed by atoms with Crippen molar-refractivity contribution in [3.05, 3.63) is 0 Å². The second-order valence-corrected chi connectivity index (χ2v) is 1.50. The summed E-state index contributed by atoms with van der Waals surface area (Å²) in [6, 6.07) is 0.